The summed E-state index contributed by atoms with van der Waals surface area (Å²) in [5.74, 6) is -2.93. The van der Waals surface area contributed by atoms with Crippen molar-refractivity contribution < 1.29 is 24.6 Å². The third-order valence-electron chi connectivity index (χ3n) is 3.15. The SMILES string of the molecule is CC(O)C(NCc1ccccc1)C(=O)NC(CC(N)=O)C(=O)O. The van der Waals surface area contributed by atoms with Gasteiger partial charge in [-0.25, -0.2) is 4.79 Å². The summed E-state index contributed by atoms with van der Waals surface area (Å²) in [7, 11) is 0. The highest BCUT2D eigenvalue weighted by Crippen LogP contribution is 2.02. The van der Waals surface area contributed by atoms with Gasteiger partial charge in [0, 0.05) is 6.54 Å². The number of hydrogen-bond donors (Lipinski definition) is 5. The van der Waals surface area contributed by atoms with Crippen molar-refractivity contribution >= 4 is 17.8 Å². The topological polar surface area (TPSA) is 142 Å². The average molecular weight is 323 g/mol. The van der Waals surface area contributed by atoms with E-state index >= 15 is 0 Å². The van der Waals surface area contributed by atoms with E-state index in [1.165, 1.54) is 6.92 Å². The van der Waals surface area contributed by atoms with E-state index in [0.29, 0.717) is 6.54 Å². The maximum absolute atomic E-state index is 12.2. The van der Waals surface area contributed by atoms with E-state index in [2.05, 4.69) is 10.6 Å². The van der Waals surface area contributed by atoms with Gasteiger partial charge in [0.1, 0.15) is 12.1 Å². The molecule has 1 rings (SSSR count). The minimum atomic E-state index is -1.43. The van der Waals surface area contributed by atoms with Crippen molar-refractivity contribution in [3.8, 4) is 0 Å². The molecule has 2 amide bonds. The molecule has 0 fully saturated rings. The number of aliphatic hydroxyl groups excluding tert-OH is 1. The van der Waals surface area contributed by atoms with Gasteiger partial charge in [0.15, 0.2) is 0 Å². The van der Waals surface area contributed by atoms with Crippen LogP contribution in [0.2, 0.25) is 0 Å². The van der Waals surface area contributed by atoms with Gasteiger partial charge in [0.25, 0.3) is 0 Å². The Morgan fingerprint density at radius 3 is 2.30 bits per heavy atom. The highest BCUT2D eigenvalue weighted by Gasteiger charge is 2.28. The maximum Gasteiger partial charge on any atom is 0.326 e. The smallest absolute Gasteiger partial charge is 0.326 e. The third-order valence-corrected chi connectivity index (χ3v) is 3.15. The van der Waals surface area contributed by atoms with Crippen molar-refractivity contribution in [2.75, 3.05) is 0 Å². The van der Waals surface area contributed by atoms with Gasteiger partial charge in [-0.3, -0.25) is 14.9 Å². The number of carboxylic acid groups (broad SMARTS) is 1. The highest BCUT2D eigenvalue weighted by atomic mass is 16.4. The van der Waals surface area contributed by atoms with Gasteiger partial charge in [-0.1, -0.05) is 30.3 Å². The Labute approximate surface area is 133 Å². The van der Waals surface area contributed by atoms with Crippen molar-refractivity contribution in [1.29, 1.82) is 0 Å². The predicted octanol–water partition coefficient (Wildman–Crippen LogP) is -1.03. The molecule has 1 aromatic rings. The first-order valence-corrected chi connectivity index (χ1v) is 7.08. The molecule has 0 bridgehead atoms. The summed E-state index contributed by atoms with van der Waals surface area (Å²) in [6, 6.07) is 6.76. The fraction of sp³-hybridized carbons (Fsp3) is 0.400. The van der Waals surface area contributed by atoms with E-state index in [4.69, 9.17) is 10.8 Å². The molecule has 23 heavy (non-hydrogen) atoms. The van der Waals surface area contributed by atoms with Crippen molar-refractivity contribution in [2.45, 2.75) is 38.1 Å². The molecule has 1 aromatic carbocycles. The Balaban J connectivity index is 2.69. The molecule has 0 aliphatic rings. The lowest BCUT2D eigenvalue weighted by molar-refractivity contribution is -0.144. The van der Waals surface area contributed by atoms with Gasteiger partial charge in [-0.05, 0) is 12.5 Å². The fourth-order valence-electron chi connectivity index (χ4n) is 1.97. The molecule has 3 atom stereocenters. The molecule has 126 valence electrons. The standard InChI is InChI=1S/C15H21N3O5/c1-9(19)13(17-8-10-5-3-2-4-6-10)14(21)18-11(15(22)23)7-12(16)20/h2-6,9,11,13,17,19H,7-8H2,1H3,(H2,16,20)(H,18,21)(H,22,23). The number of amides is 2. The molecule has 0 aliphatic heterocycles. The molecule has 0 saturated heterocycles. The molecule has 6 N–H and O–H groups in total. The van der Waals surface area contributed by atoms with Gasteiger partial charge in [0.05, 0.1) is 12.5 Å². The molecule has 8 heteroatoms. The molecule has 0 aromatic heterocycles. The Bertz CT molecular complexity index is 547. The minimum Gasteiger partial charge on any atom is -0.480 e. The van der Waals surface area contributed by atoms with Crippen molar-refractivity contribution in [1.82, 2.24) is 10.6 Å². The Morgan fingerprint density at radius 2 is 1.83 bits per heavy atom. The summed E-state index contributed by atoms with van der Waals surface area (Å²) in [4.78, 5) is 34.0. The molecular formula is C15H21N3O5. The van der Waals surface area contributed by atoms with Crippen LogP contribution in [0.3, 0.4) is 0 Å². The van der Waals surface area contributed by atoms with Crippen LogP contribution in [0.15, 0.2) is 30.3 Å². The number of carbonyl (C=O) groups excluding carboxylic acids is 2. The molecule has 0 radical (unpaired) electrons. The summed E-state index contributed by atoms with van der Waals surface area (Å²) < 4.78 is 0. The van der Waals surface area contributed by atoms with Crippen molar-refractivity contribution in [2.24, 2.45) is 5.73 Å². The van der Waals surface area contributed by atoms with Crippen LogP contribution in [-0.2, 0) is 20.9 Å². The van der Waals surface area contributed by atoms with Crippen LogP contribution >= 0.6 is 0 Å². The largest absolute Gasteiger partial charge is 0.480 e. The summed E-state index contributed by atoms with van der Waals surface area (Å²) in [5.41, 5.74) is 5.86. The molecule has 0 spiro atoms. The normalized spacial score (nSPS) is 14.5. The number of primary amides is 1. The van der Waals surface area contributed by atoms with E-state index in [0.717, 1.165) is 5.56 Å². The number of carbonyl (C=O) groups is 3. The lowest BCUT2D eigenvalue weighted by atomic mass is 10.1. The van der Waals surface area contributed by atoms with Crippen LogP contribution in [0.25, 0.3) is 0 Å². The minimum absolute atomic E-state index is 0.317. The zero-order valence-electron chi connectivity index (χ0n) is 12.7. The summed E-state index contributed by atoms with van der Waals surface area (Å²) in [6.45, 7) is 1.73. The monoisotopic (exact) mass is 323 g/mol. The van der Waals surface area contributed by atoms with E-state index in [9.17, 15) is 19.5 Å². The second-order valence-corrected chi connectivity index (χ2v) is 5.15. The molecule has 0 aliphatic carbocycles. The zero-order valence-corrected chi connectivity index (χ0v) is 12.7. The number of benzene rings is 1. The number of nitrogens with two attached hydrogens (primary N) is 1. The van der Waals surface area contributed by atoms with Crippen molar-refractivity contribution in [3.05, 3.63) is 35.9 Å². The molecule has 0 saturated carbocycles. The number of aliphatic carboxylic acids is 1. The average Bonchev–Trinajstić information content (AvgIpc) is 2.46. The van der Waals surface area contributed by atoms with Crippen LogP contribution in [0, 0.1) is 0 Å². The Hall–Kier alpha value is -2.45. The predicted molar refractivity (Wildman–Crippen MR) is 82.1 cm³/mol. The van der Waals surface area contributed by atoms with Gasteiger partial charge < -0.3 is 21.3 Å². The number of rotatable bonds is 9. The van der Waals surface area contributed by atoms with Gasteiger partial charge >= 0.3 is 5.97 Å². The number of carboxylic acids is 1. The first kappa shape index (κ1) is 18.6. The van der Waals surface area contributed by atoms with Crippen molar-refractivity contribution in [3.63, 3.8) is 0 Å². The summed E-state index contributed by atoms with van der Waals surface area (Å²) in [5, 5.41) is 23.8. The summed E-state index contributed by atoms with van der Waals surface area (Å²) in [6.07, 6.45) is -1.58. The molecular weight excluding hydrogens is 302 g/mol. The fourth-order valence-corrected chi connectivity index (χ4v) is 1.97. The lowest BCUT2D eigenvalue weighted by Crippen LogP contribution is -2.54. The quantitative estimate of drug-likeness (QED) is 0.393. The Kier molecular flexibility index (Phi) is 7.17. The highest BCUT2D eigenvalue weighted by molar-refractivity contribution is 5.90. The lowest BCUT2D eigenvalue weighted by Gasteiger charge is -2.23. The van der Waals surface area contributed by atoms with Gasteiger partial charge in [0.2, 0.25) is 11.8 Å². The second-order valence-electron chi connectivity index (χ2n) is 5.15. The Morgan fingerprint density at radius 1 is 1.22 bits per heavy atom. The number of nitrogens with one attached hydrogen (secondary N) is 2. The first-order valence-electron chi connectivity index (χ1n) is 7.08. The molecule has 0 heterocycles. The van der Waals surface area contributed by atoms with E-state index in [-0.39, 0.29) is 0 Å². The van der Waals surface area contributed by atoms with E-state index < -0.39 is 42.4 Å². The molecule has 3 unspecified atom stereocenters. The number of hydrogen-bond acceptors (Lipinski definition) is 5. The van der Waals surface area contributed by atoms with Crippen LogP contribution in [0.5, 0.6) is 0 Å². The summed E-state index contributed by atoms with van der Waals surface area (Å²) >= 11 is 0. The van der Waals surface area contributed by atoms with Gasteiger partial charge in [-0.2, -0.15) is 0 Å². The number of aliphatic hydroxyl groups is 1. The van der Waals surface area contributed by atoms with Crippen LogP contribution in [0.1, 0.15) is 18.9 Å². The van der Waals surface area contributed by atoms with Crippen LogP contribution < -0.4 is 16.4 Å². The third kappa shape index (κ3) is 6.45. The van der Waals surface area contributed by atoms with E-state index in [1.807, 2.05) is 30.3 Å². The maximum atomic E-state index is 12.2. The van der Waals surface area contributed by atoms with E-state index in [1.54, 1.807) is 0 Å². The van der Waals surface area contributed by atoms with Crippen LogP contribution in [-0.4, -0.2) is 46.2 Å². The second kappa shape index (κ2) is 8.86. The van der Waals surface area contributed by atoms with Crippen LogP contribution in [0.4, 0.5) is 0 Å². The molecule has 8 nitrogen and oxygen atoms in total. The van der Waals surface area contributed by atoms with Gasteiger partial charge in [-0.15, -0.1) is 0 Å². The zero-order chi connectivity index (χ0) is 17.4. The first-order chi connectivity index (χ1) is 10.8.